The van der Waals surface area contributed by atoms with Crippen LogP contribution in [0.1, 0.15) is 19.3 Å². The predicted octanol–water partition coefficient (Wildman–Crippen LogP) is 3.14. The van der Waals surface area contributed by atoms with E-state index in [0.29, 0.717) is 0 Å². The van der Waals surface area contributed by atoms with Gasteiger partial charge in [-0.2, -0.15) is 0 Å². The second-order valence-corrected chi connectivity index (χ2v) is 5.65. The molecule has 1 aliphatic rings. The fraction of sp³-hybridized carbons (Fsp3) is 0.462. The SMILES string of the molecule is CN(CCC1(C(=O)O)CC1)c1ccc(Br)cc1. The normalized spacial score (nSPS) is 16.6. The molecule has 0 amide bonds. The van der Waals surface area contributed by atoms with Gasteiger partial charge in [0.25, 0.3) is 0 Å². The van der Waals surface area contributed by atoms with Crippen LogP contribution < -0.4 is 4.90 Å². The molecule has 0 heterocycles. The molecule has 0 bridgehead atoms. The van der Waals surface area contributed by atoms with Crippen LogP contribution in [0.25, 0.3) is 0 Å². The molecular weight excluding hydrogens is 282 g/mol. The Balaban J connectivity index is 1.91. The van der Waals surface area contributed by atoms with E-state index in [1.54, 1.807) is 0 Å². The van der Waals surface area contributed by atoms with E-state index < -0.39 is 11.4 Å². The number of carboxylic acids is 1. The van der Waals surface area contributed by atoms with Gasteiger partial charge in [0, 0.05) is 23.8 Å². The Hall–Kier alpha value is -1.03. The molecule has 1 aromatic carbocycles. The molecule has 1 N–H and O–H groups in total. The van der Waals surface area contributed by atoms with Crippen molar-refractivity contribution < 1.29 is 9.90 Å². The highest BCUT2D eigenvalue weighted by molar-refractivity contribution is 9.10. The maximum Gasteiger partial charge on any atom is 0.309 e. The van der Waals surface area contributed by atoms with Gasteiger partial charge in [-0.25, -0.2) is 0 Å². The fourth-order valence-electron chi connectivity index (χ4n) is 1.93. The fourth-order valence-corrected chi connectivity index (χ4v) is 2.19. The number of nitrogens with zero attached hydrogens (tertiary/aromatic N) is 1. The molecule has 2 rings (SSSR count). The van der Waals surface area contributed by atoms with Crippen LogP contribution in [0.15, 0.2) is 28.7 Å². The summed E-state index contributed by atoms with van der Waals surface area (Å²) >= 11 is 3.40. The molecule has 0 aromatic heterocycles. The summed E-state index contributed by atoms with van der Waals surface area (Å²) in [6, 6.07) is 8.06. The van der Waals surface area contributed by atoms with Crippen LogP contribution in [0.2, 0.25) is 0 Å². The molecule has 1 saturated carbocycles. The number of rotatable bonds is 5. The zero-order valence-electron chi connectivity index (χ0n) is 9.82. The lowest BCUT2D eigenvalue weighted by molar-refractivity contribution is -0.143. The third kappa shape index (κ3) is 2.80. The number of hydrogen-bond acceptors (Lipinski definition) is 2. The van der Waals surface area contributed by atoms with Crippen LogP contribution in [-0.2, 0) is 4.79 Å². The zero-order valence-corrected chi connectivity index (χ0v) is 11.4. The summed E-state index contributed by atoms with van der Waals surface area (Å²) in [5, 5.41) is 9.10. The first-order valence-corrected chi connectivity index (χ1v) is 6.53. The van der Waals surface area contributed by atoms with Crippen LogP contribution in [0, 0.1) is 5.41 Å². The van der Waals surface area contributed by atoms with Gasteiger partial charge in [-0.1, -0.05) is 15.9 Å². The largest absolute Gasteiger partial charge is 0.481 e. The third-order valence-electron chi connectivity index (χ3n) is 3.50. The molecule has 17 heavy (non-hydrogen) atoms. The lowest BCUT2D eigenvalue weighted by Gasteiger charge is -2.21. The number of carbonyl (C=O) groups is 1. The minimum Gasteiger partial charge on any atom is -0.481 e. The molecular formula is C13H16BrNO2. The lowest BCUT2D eigenvalue weighted by atomic mass is 10.0. The Bertz CT molecular complexity index is 412. The molecule has 0 aliphatic heterocycles. The topological polar surface area (TPSA) is 40.5 Å². The van der Waals surface area contributed by atoms with E-state index >= 15 is 0 Å². The molecule has 0 radical (unpaired) electrons. The molecule has 4 heteroatoms. The predicted molar refractivity (Wildman–Crippen MR) is 71.3 cm³/mol. The Morgan fingerprint density at radius 1 is 1.41 bits per heavy atom. The van der Waals surface area contributed by atoms with Gasteiger partial charge >= 0.3 is 5.97 Å². The van der Waals surface area contributed by atoms with Crippen LogP contribution in [0.5, 0.6) is 0 Å². The Kier molecular flexibility index (Phi) is 3.43. The Morgan fingerprint density at radius 3 is 2.47 bits per heavy atom. The number of halogens is 1. The van der Waals surface area contributed by atoms with Crippen molar-refractivity contribution in [1.82, 2.24) is 0 Å². The van der Waals surface area contributed by atoms with Crippen molar-refractivity contribution in [2.24, 2.45) is 5.41 Å². The summed E-state index contributed by atoms with van der Waals surface area (Å²) in [5.74, 6) is -0.637. The maximum atomic E-state index is 11.1. The van der Waals surface area contributed by atoms with Crippen molar-refractivity contribution in [3.05, 3.63) is 28.7 Å². The molecule has 1 aromatic rings. The molecule has 0 atom stereocenters. The first-order valence-electron chi connectivity index (χ1n) is 5.74. The van der Waals surface area contributed by atoms with Gasteiger partial charge in [0.05, 0.1) is 5.41 Å². The van der Waals surface area contributed by atoms with E-state index in [0.717, 1.165) is 36.0 Å². The number of anilines is 1. The summed E-state index contributed by atoms with van der Waals surface area (Å²) in [6.45, 7) is 0.786. The average molecular weight is 298 g/mol. The average Bonchev–Trinajstić information content (AvgIpc) is 3.08. The van der Waals surface area contributed by atoms with Crippen molar-refractivity contribution in [3.8, 4) is 0 Å². The summed E-state index contributed by atoms with van der Waals surface area (Å²) in [6.07, 6.45) is 2.39. The van der Waals surface area contributed by atoms with Gasteiger partial charge in [-0.3, -0.25) is 4.79 Å². The molecule has 92 valence electrons. The van der Waals surface area contributed by atoms with Crippen LogP contribution in [-0.4, -0.2) is 24.7 Å². The maximum absolute atomic E-state index is 11.1. The number of hydrogen-bond donors (Lipinski definition) is 1. The van der Waals surface area contributed by atoms with Crippen molar-refractivity contribution in [3.63, 3.8) is 0 Å². The van der Waals surface area contributed by atoms with Crippen molar-refractivity contribution in [2.75, 3.05) is 18.5 Å². The summed E-state index contributed by atoms with van der Waals surface area (Å²) in [7, 11) is 2.00. The smallest absolute Gasteiger partial charge is 0.309 e. The standard InChI is InChI=1S/C13H16BrNO2/c1-15(11-4-2-10(14)3-5-11)9-8-13(6-7-13)12(16)17/h2-5H,6-9H2,1H3,(H,16,17). The Labute approximate surface area is 110 Å². The van der Waals surface area contributed by atoms with Gasteiger partial charge < -0.3 is 10.0 Å². The number of carboxylic acid groups (broad SMARTS) is 1. The van der Waals surface area contributed by atoms with Crippen LogP contribution in [0.3, 0.4) is 0 Å². The zero-order chi connectivity index (χ0) is 12.5. The molecule has 0 unspecified atom stereocenters. The summed E-state index contributed by atoms with van der Waals surface area (Å²) < 4.78 is 1.05. The molecule has 1 fully saturated rings. The van der Waals surface area contributed by atoms with Gasteiger partial charge in [0.2, 0.25) is 0 Å². The van der Waals surface area contributed by atoms with Crippen LogP contribution in [0.4, 0.5) is 5.69 Å². The second-order valence-electron chi connectivity index (χ2n) is 4.73. The van der Waals surface area contributed by atoms with Crippen LogP contribution >= 0.6 is 15.9 Å². The molecule has 0 spiro atoms. The number of benzene rings is 1. The van der Waals surface area contributed by atoms with E-state index in [9.17, 15) is 4.79 Å². The highest BCUT2D eigenvalue weighted by atomic mass is 79.9. The lowest BCUT2D eigenvalue weighted by Crippen LogP contribution is -2.25. The highest BCUT2D eigenvalue weighted by Crippen LogP contribution is 2.49. The van der Waals surface area contributed by atoms with E-state index in [2.05, 4.69) is 20.8 Å². The van der Waals surface area contributed by atoms with Crippen molar-refractivity contribution in [2.45, 2.75) is 19.3 Å². The van der Waals surface area contributed by atoms with Gasteiger partial charge in [0.1, 0.15) is 0 Å². The summed E-state index contributed by atoms with van der Waals surface area (Å²) in [5.41, 5.74) is 0.693. The van der Waals surface area contributed by atoms with E-state index in [1.807, 2.05) is 31.3 Å². The minimum atomic E-state index is -0.637. The van der Waals surface area contributed by atoms with Crippen molar-refractivity contribution >= 4 is 27.6 Å². The van der Waals surface area contributed by atoms with Gasteiger partial charge in [-0.15, -0.1) is 0 Å². The number of aliphatic carboxylic acids is 1. The third-order valence-corrected chi connectivity index (χ3v) is 4.03. The van der Waals surface area contributed by atoms with E-state index in [4.69, 9.17) is 5.11 Å². The summed E-state index contributed by atoms with van der Waals surface area (Å²) in [4.78, 5) is 13.2. The first-order chi connectivity index (χ1) is 8.03. The van der Waals surface area contributed by atoms with E-state index in [-0.39, 0.29) is 0 Å². The molecule has 1 aliphatic carbocycles. The quantitative estimate of drug-likeness (QED) is 0.908. The monoisotopic (exact) mass is 297 g/mol. The molecule has 3 nitrogen and oxygen atoms in total. The van der Waals surface area contributed by atoms with Crippen molar-refractivity contribution in [1.29, 1.82) is 0 Å². The molecule has 0 saturated heterocycles. The van der Waals surface area contributed by atoms with Gasteiger partial charge in [0.15, 0.2) is 0 Å². The second kappa shape index (κ2) is 4.69. The minimum absolute atomic E-state index is 0.427. The van der Waals surface area contributed by atoms with E-state index in [1.165, 1.54) is 0 Å². The Morgan fingerprint density at radius 2 is 2.00 bits per heavy atom. The first kappa shape index (κ1) is 12.4. The highest BCUT2D eigenvalue weighted by Gasteiger charge is 2.49. The van der Waals surface area contributed by atoms with Gasteiger partial charge in [-0.05, 0) is 43.5 Å².